The summed E-state index contributed by atoms with van der Waals surface area (Å²) in [5.41, 5.74) is 1.74. The Hall–Kier alpha value is -1.16. The van der Waals surface area contributed by atoms with Crippen LogP contribution in [0.4, 0.5) is 0 Å². The molecule has 0 spiro atoms. The van der Waals surface area contributed by atoms with Crippen molar-refractivity contribution < 1.29 is 4.79 Å². The van der Waals surface area contributed by atoms with Crippen LogP contribution in [-0.4, -0.2) is 40.1 Å². The molecule has 1 atom stereocenters. The number of carbonyl (C=O) groups is 1. The number of rotatable bonds is 3. The average Bonchev–Trinajstić information content (AvgIpc) is 2.71. The summed E-state index contributed by atoms with van der Waals surface area (Å²) in [5, 5.41) is 4.46. The molecule has 1 aliphatic rings. The van der Waals surface area contributed by atoms with Crippen LogP contribution in [0.25, 0.3) is 0 Å². The lowest BCUT2D eigenvalue weighted by molar-refractivity contribution is 0.111. The summed E-state index contributed by atoms with van der Waals surface area (Å²) in [4.78, 5) is 13.3. The molecular weight excluding hydrogens is 214 g/mol. The summed E-state index contributed by atoms with van der Waals surface area (Å²) in [5.74, 6) is 0.478. The van der Waals surface area contributed by atoms with Crippen LogP contribution >= 0.6 is 0 Å². The van der Waals surface area contributed by atoms with Crippen molar-refractivity contribution in [3.05, 3.63) is 17.5 Å². The number of likely N-dealkylation sites (tertiary alicyclic amines) is 1. The van der Waals surface area contributed by atoms with E-state index in [0.29, 0.717) is 17.7 Å². The highest BCUT2D eigenvalue weighted by Gasteiger charge is 2.25. The molecule has 0 aliphatic carbocycles. The molecular formula is C13H21N3O. The van der Waals surface area contributed by atoms with E-state index in [0.717, 1.165) is 18.5 Å². The van der Waals surface area contributed by atoms with E-state index in [-0.39, 0.29) is 0 Å². The second-order valence-electron chi connectivity index (χ2n) is 5.16. The van der Waals surface area contributed by atoms with E-state index >= 15 is 0 Å². The van der Waals surface area contributed by atoms with E-state index in [4.69, 9.17) is 0 Å². The first-order valence-electron chi connectivity index (χ1n) is 6.35. The van der Waals surface area contributed by atoms with Gasteiger partial charge in [-0.25, -0.2) is 0 Å². The van der Waals surface area contributed by atoms with Gasteiger partial charge in [0.05, 0.1) is 5.69 Å². The zero-order chi connectivity index (χ0) is 12.4. The molecule has 0 aromatic carbocycles. The van der Waals surface area contributed by atoms with Gasteiger partial charge >= 0.3 is 0 Å². The number of aromatic nitrogens is 2. The molecule has 0 saturated carbocycles. The predicted molar refractivity (Wildman–Crippen MR) is 67.3 cm³/mol. The molecule has 1 saturated heterocycles. The van der Waals surface area contributed by atoms with Crippen LogP contribution in [0, 0.1) is 0 Å². The lowest BCUT2D eigenvalue weighted by Crippen LogP contribution is -2.39. The molecule has 4 nitrogen and oxygen atoms in total. The molecule has 0 bridgehead atoms. The summed E-state index contributed by atoms with van der Waals surface area (Å²) >= 11 is 0. The normalized spacial score (nSPS) is 22.0. The fourth-order valence-corrected chi connectivity index (χ4v) is 2.53. The zero-order valence-electron chi connectivity index (χ0n) is 10.9. The van der Waals surface area contributed by atoms with Crippen molar-refractivity contribution in [2.24, 2.45) is 7.05 Å². The molecule has 0 radical (unpaired) electrons. The van der Waals surface area contributed by atoms with Gasteiger partial charge in [-0.05, 0) is 39.3 Å². The molecule has 1 aliphatic heterocycles. The standard InChI is InChI=1S/C13H21N3O/c1-10(2)16-6-4-5-11(8-16)13-7-12(9-17)15(3)14-13/h7,9-11H,4-6,8H2,1-3H3. The van der Waals surface area contributed by atoms with Crippen LogP contribution < -0.4 is 0 Å². The Kier molecular flexibility index (Phi) is 3.62. The maximum Gasteiger partial charge on any atom is 0.168 e. The first kappa shape index (κ1) is 12.3. The smallest absolute Gasteiger partial charge is 0.168 e. The van der Waals surface area contributed by atoms with Crippen molar-refractivity contribution in [3.8, 4) is 0 Å². The first-order valence-corrected chi connectivity index (χ1v) is 6.35. The number of hydrogen-bond donors (Lipinski definition) is 0. The second-order valence-corrected chi connectivity index (χ2v) is 5.16. The number of aryl methyl sites for hydroxylation is 1. The van der Waals surface area contributed by atoms with Crippen LogP contribution in [0.15, 0.2) is 6.07 Å². The minimum atomic E-state index is 0.478. The maximum atomic E-state index is 10.8. The summed E-state index contributed by atoms with van der Waals surface area (Å²) in [6, 6.07) is 2.52. The third-order valence-electron chi connectivity index (χ3n) is 3.66. The van der Waals surface area contributed by atoms with Crippen molar-refractivity contribution in [3.63, 3.8) is 0 Å². The quantitative estimate of drug-likeness (QED) is 0.750. The lowest BCUT2D eigenvalue weighted by Gasteiger charge is -2.34. The molecule has 1 aromatic heterocycles. The van der Waals surface area contributed by atoms with Gasteiger partial charge in [0.1, 0.15) is 5.69 Å². The molecule has 2 heterocycles. The third-order valence-corrected chi connectivity index (χ3v) is 3.66. The zero-order valence-corrected chi connectivity index (χ0v) is 10.9. The predicted octanol–water partition coefficient (Wildman–Crippen LogP) is 1.82. The van der Waals surface area contributed by atoms with E-state index in [9.17, 15) is 4.79 Å². The molecule has 0 amide bonds. The summed E-state index contributed by atoms with van der Waals surface area (Å²) in [6.07, 6.45) is 3.27. The van der Waals surface area contributed by atoms with Gasteiger partial charge in [0.25, 0.3) is 0 Å². The number of piperidine rings is 1. The molecule has 1 fully saturated rings. The van der Waals surface area contributed by atoms with Gasteiger partial charge in [0.15, 0.2) is 6.29 Å². The number of carbonyl (C=O) groups excluding carboxylic acids is 1. The molecule has 94 valence electrons. The van der Waals surface area contributed by atoms with Gasteiger partial charge in [0, 0.05) is 25.6 Å². The Morgan fingerprint density at radius 3 is 2.88 bits per heavy atom. The van der Waals surface area contributed by atoms with Crippen molar-refractivity contribution in [1.82, 2.24) is 14.7 Å². The van der Waals surface area contributed by atoms with E-state index in [1.54, 1.807) is 4.68 Å². The Balaban J connectivity index is 2.13. The number of hydrogen-bond acceptors (Lipinski definition) is 3. The molecule has 17 heavy (non-hydrogen) atoms. The lowest BCUT2D eigenvalue weighted by atomic mass is 9.94. The van der Waals surface area contributed by atoms with Gasteiger partial charge in [-0.2, -0.15) is 5.10 Å². The second kappa shape index (κ2) is 5.00. The largest absolute Gasteiger partial charge is 0.300 e. The van der Waals surface area contributed by atoms with Crippen LogP contribution in [0.3, 0.4) is 0 Å². The number of nitrogens with zero attached hydrogens (tertiary/aromatic N) is 3. The maximum absolute atomic E-state index is 10.8. The monoisotopic (exact) mass is 235 g/mol. The molecule has 1 unspecified atom stereocenters. The van der Waals surface area contributed by atoms with Crippen molar-refractivity contribution in [1.29, 1.82) is 0 Å². The Morgan fingerprint density at radius 1 is 1.53 bits per heavy atom. The van der Waals surface area contributed by atoms with Crippen LogP contribution in [0.5, 0.6) is 0 Å². The van der Waals surface area contributed by atoms with Gasteiger partial charge < -0.3 is 4.90 Å². The Bertz CT molecular complexity index is 397. The summed E-state index contributed by atoms with van der Waals surface area (Å²) in [7, 11) is 1.83. The third kappa shape index (κ3) is 2.57. The summed E-state index contributed by atoms with van der Waals surface area (Å²) < 4.78 is 1.68. The molecule has 0 N–H and O–H groups in total. The van der Waals surface area contributed by atoms with Crippen LogP contribution in [-0.2, 0) is 7.05 Å². The Labute approximate surface area is 103 Å². The van der Waals surface area contributed by atoms with Crippen molar-refractivity contribution in [2.45, 2.75) is 38.6 Å². The van der Waals surface area contributed by atoms with Crippen LogP contribution in [0.1, 0.15) is 48.8 Å². The van der Waals surface area contributed by atoms with Gasteiger partial charge in [-0.1, -0.05) is 0 Å². The topological polar surface area (TPSA) is 38.1 Å². The molecule has 1 aromatic rings. The highest BCUT2D eigenvalue weighted by Crippen LogP contribution is 2.27. The first-order chi connectivity index (χ1) is 8.11. The van der Waals surface area contributed by atoms with E-state index in [1.807, 2.05) is 13.1 Å². The highest BCUT2D eigenvalue weighted by molar-refractivity contribution is 5.72. The Morgan fingerprint density at radius 2 is 2.29 bits per heavy atom. The number of aldehydes is 1. The minimum absolute atomic E-state index is 0.478. The fraction of sp³-hybridized carbons (Fsp3) is 0.692. The highest BCUT2D eigenvalue weighted by atomic mass is 16.1. The van der Waals surface area contributed by atoms with Gasteiger partial charge in [0.2, 0.25) is 0 Å². The average molecular weight is 235 g/mol. The SMILES string of the molecule is CC(C)N1CCCC(c2cc(C=O)n(C)n2)C1. The van der Waals surface area contributed by atoms with Crippen LogP contribution in [0.2, 0.25) is 0 Å². The van der Waals surface area contributed by atoms with E-state index < -0.39 is 0 Å². The van der Waals surface area contributed by atoms with Gasteiger partial charge in [-0.15, -0.1) is 0 Å². The van der Waals surface area contributed by atoms with E-state index in [2.05, 4.69) is 23.8 Å². The molecule has 4 heteroatoms. The van der Waals surface area contributed by atoms with Crippen molar-refractivity contribution in [2.75, 3.05) is 13.1 Å². The summed E-state index contributed by atoms with van der Waals surface area (Å²) in [6.45, 7) is 6.71. The van der Waals surface area contributed by atoms with Crippen molar-refractivity contribution >= 4 is 6.29 Å². The minimum Gasteiger partial charge on any atom is -0.300 e. The van der Waals surface area contributed by atoms with Gasteiger partial charge in [-0.3, -0.25) is 9.48 Å². The van der Waals surface area contributed by atoms with E-state index in [1.165, 1.54) is 19.4 Å². The molecule has 2 rings (SSSR count). The fourth-order valence-electron chi connectivity index (χ4n) is 2.53.